The van der Waals surface area contributed by atoms with Gasteiger partial charge in [-0.15, -0.1) is 35.3 Å². The van der Waals surface area contributed by atoms with Crippen LogP contribution in [0.25, 0.3) is 0 Å². The van der Waals surface area contributed by atoms with Crippen LogP contribution in [0.1, 0.15) is 31.6 Å². The van der Waals surface area contributed by atoms with E-state index >= 15 is 0 Å². The highest BCUT2D eigenvalue weighted by molar-refractivity contribution is 14.0. The molecule has 0 saturated carbocycles. The first-order chi connectivity index (χ1) is 12.4. The van der Waals surface area contributed by atoms with Gasteiger partial charge in [0, 0.05) is 37.4 Å². The monoisotopic (exact) mass is 529 g/mol. The normalized spacial score (nSPS) is 18.4. The highest BCUT2D eigenvalue weighted by Gasteiger charge is 2.42. The minimum atomic E-state index is -3.20. The van der Waals surface area contributed by atoms with Crippen molar-refractivity contribution in [3.63, 3.8) is 0 Å². The maximum Gasteiger partial charge on any atom is 0.191 e. The lowest BCUT2D eigenvalue weighted by Crippen LogP contribution is -2.47. The molecule has 0 radical (unpaired) electrons. The fraction of sp³-hybridized carbons (Fsp3) is 0.722. The molecule has 0 aromatic carbocycles. The highest BCUT2D eigenvalue weighted by Crippen LogP contribution is 2.29. The van der Waals surface area contributed by atoms with Crippen LogP contribution in [-0.4, -0.2) is 58.2 Å². The number of sulfone groups is 1. The van der Waals surface area contributed by atoms with Crippen molar-refractivity contribution in [1.82, 2.24) is 10.6 Å². The fourth-order valence-corrected chi connectivity index (χ4v) is 5.15. The Morgan fingerprint density at radius 2 is 2.07 bits per heavy atom. The first-order valence-corrected chi connectivity index (χ1v) is 12.0. The zero-order valence-corrected chi connectivity index (χ0v) is 20.3. The number of aliphatic imine (C=N–C) groups is 1. The molecule has 6 nitrogen and oxygen atoms in total. The minimum absolute atomic E-state index is 0. The zero-order valence-electron chi connectivity index (χ0n) is 16.4. The second-order valence-electron chi connectivity index (χ2n) is 7.03. The fourth-order valence-electron chi connectivity index (χ4n) is 3.07. The summed E-state index contributed by atoms with van der Waals surface area (Å²) in [5, 5.41) is 8.68. The summed E-state index contributed by atoms with van der Waals surface area (Å²) >= 11 is 1.77. The zero-order chi connectivity index (χ0) is 19.0. The number of nitrogens with one attached hydrogen (secondary N) is 2. The van der Waals surface area contributed by atoms with Crippen LogP contribution in [0.5, 0.6) is 0 Å². The van der Waals surface area contributed by atoms with Crippen molar-refractivity contribution < 1.29 is 13.2 Å². The van der Waals surface area contributed by atoms with E-state index in [1.807, 2.05) is 6.92 Å². The van der Waals surface area contributed by atoms with Gasteiger partial charge in [-0.05, 0) is 43.6 Å². The summed E-state index contributed by atoms with van der Waals surface area (Å²) in [6.45, 7) is 6.96. The van der Waals surface area contributed by atoms with Crippen LogP contribution >= 0.6 is 35.3 Å². The van der Waals surface area contributed by atoms with E-state index in [-0.39, 0.29) is 30.5 Å². The van der Waals surface area contributed by atoms with Crippen molar-refractivity contribution in [1.29, 1.82) is 0 Å². The van der Waals surface area contributed by atoms with E-state index in [4.69, 9.17) is 4.74 Å². The molecule has 27 heavy (non-hydrogen) atoms. The first-order valence-electron chi connectivity index (χ1n) is 9.18. The summed E-state index contributed by atoms with van der Waals surface area (Å²) in [6.07, 6.45) is 3.35. The Balaban J connectivity index is 0.00000364. The molecule has 9 heteroatoms. The van der Waals surface area contributed by atoms with E-state index in [1.165, 1.54) is 11.1 Å². The van der Waals surface area contributed by atoms with E-state index in [0.29, 0.717) is 37.9 Å². The van der Waals surface area contributed by atoms with Crippen LogP contribution in [0.3, 0.4) is 0 Å². The molecular weight excluding hydrogens is 497 g/mol. The summed E-state index contributed by atoms with van der Waals surface area (Å²) in [5.74, 6) is 1.14. The number of hydrogen-bond acceptors (Lipinski definition) is 5. The van der Waals surface area contributed by atoms with Gasteiger partial charge < -0.3 is 15.4 Å². The third-order valence-corrected chi connectivity index (χ3v) is 7.82. The predicted molar refractivity (Wildman–Crippen MR) is 124 cm³/mol. The number of thiophene rings is 1. The van der Waals surface area contributed by atoms with Crippen LogP contribution in [-0.2, 0) is 21.0 Å². The Morgan fingerprint density at radius 1 is 1.37 bits per heavy atom. The van der Waals surface area contributed by atoms with Crippen LogP contribution in [0, 0.1) is 5.92 Å². The SMILES string of the molecule is CCNC(=NCC1(S(C)(=O)=O)CCOCC1)NCC(C)Cc1cccs1.I. The molecule has 2 heterocycles. The van der Waals surface area contributed by atoms with Crippen LogP contribution < -0.4 is 10.6 Å². The maximum atomic E-state index is 12.4. The lowest BCUT2D eigenvalue weighted by Gasteiger charge is -2.34. The molecule has 0 aliphatic carbocycles. The van der Waals surface area contributed by atoms with Gasteiger partial charge in [0.05, 0.1) is 11.3 Å². The van der Waals surface area contributed by atoms with Crippen LogP contribution in [0.2, 0.25) is 0 Å². The molecule has 1 aliphatic heterocycles. The third-order valence-electron chi connectivity index (χ3n) is 4.81. The Kier molecular flexibility index (Phi) is 10.6. The topological polar surface area (TPSA) is 79.8 Å². The van der Waals surface area contributed by atoms with Gasteiger partial charge >= 0.3 is 0 Å². The molecule has 1 aliphatic rings. The number of halogens is 1. The molecule has 1 fully saturated rings. The first kappa shape index (κ1) is 24.6. The second kappa shape index (κ2) is 11.6. The summed E-state index contributed by atoms with van der Waals surface area (Å²) in [6, 6.07) is 4.23. The standard InChI is InChI=1S/C18H31N3O3S2.HI/c1-4-19-17(20-13-15(2)12-16-6-5-11-25-16)21-14-18(26(3,22)23)7-9-24-10-8-18;/h5-6,11,15H,4,7-10,12-14H2,1-3H3,(H2,19,20,21);1H. The average molecular weight is 530 g/mol. The Labute approximate surface area is 184 Å². The highest BCUT2D eigenvalue weighted by atomic mass is 127. The average Bonchev–Trinajstić information content (AvgIpc) is 3.10. The largest absolute Gasteiger partial charge is 0.381 e. The molecule has 2 rings (SSSR count). The lowest BCUT2D eigenvalue weighted by molar-refractivity contribution is 0.0768. The van der Waals surface area contributed by atoms with Gasteiger partial charge in [-0.25, -0.2) is 8.42 Å². The van der Waals surface area contributed by atoms with Gasteiger partial charge in [0.1, 0.15) is 0 Å². The van der Waals surface area contributed by atoms with E-state index in [1.54, 1.807) is 11.3 Å². The predicted octanol–water partition coefficient (Wildman–Crippen LogP) is 2.69. The molecule has 156 valence electrons. The maximum absolute atomic E-state index is 12.4. The number of hydrogen-bond donors (Lipinski definition) is 2. The van der Waals surface area contributed by atoms with Gasteiger partial charge in [-0.2, -0.15) is 0 Å². The molecule has 0 bridgehead atoms. The quantitative estimate of drug-likeness (QED) is 0.308. The van der Waals surface area contributed by atoms with Crippen LogP contribution in [0.15, 0.2) is 22.5 Å². The summed E-state index contributed by atoms with van der Waals surface area (Å²) < 4.78 is 29.3. The number of nitrogens with zero attached hydrogens (tertiary/aromatic N) is 1. The van der Waals surface area contributed by atoms with Crippen molar-refractivity contribution >= 4 is 51.1 Å². The van der Waals surface area contributed by atoms with E-state index in [0.717, 1.165) is 19.5 Å². The molecule has 1 aromatic heterocycles. The Hall–Kier alpha value is -0.390. The molecule has 1 unspecified atom stereocenters. The summed E-state index contributed by atoms with van der Waals surface area (Å²) in [5.41, 5.74) is 0. The molecule has 0 amide bonds. The molecule has 1 saturated heterocycles. The van der Waals surface area contributed by atoms with Gasteiger partial charge in [-0.1, -0.05) is 13.0 Å². The number of rotatable bonds is 8. The van der Waals surface area contributed by atoms with Gasteiger partial charge in [-0.3, -0.25) is 4.99 Å². The summed E-state index contributed by atoms with van der Waals surface area (Å²) in [4.78, 5) is 5.98. The number of guanidine groups is 1. The molecular formula is C18H32IN3O3S2. The number of ether oxygens (including phenoxy) is 1. The van der Waals surface area contributed by atoms with Gasteiger partial charge in [0.2, 0.25) is 0 Å². The van der Waals surface area contributed by atoms with E-state index in [9.17, 15) is 8.42 Å². The second-order valence-corrected chi connectivity index (χ2v) is 10.5. The Morgan fingerprint density at radius 3 is 2.63 bits per heavy atom. The van der Waals surface area contributed by atoms with Crippen molar-refractivity contribution in [2.75, 3.05) is 39.1 Å². The summed E-state index contributed by atoms with van der Waals surface area (Å²) in [7, 11) is -3.20. The third kappa shape index (κ3) is 7.51. The lowest BCUT2D eigenvalue weighted by atomic mass is 9.99. The molecule has 2 N–H and O–H groups in total. The smallest absolute Gasteiger partial charge is 0.191 e. The van der Waals surface area contributed by atoms with E-state index < -0.39 is 14.6 Å². The van der Waals surface area contributed by atoms with Gasteiger partial charge in [0.25, 0.3) is 0 Å². The van der Waals surface area contributed by atoms with Crippen LogP contribution in [0.4, 0.5) is 0 Å². The van der Waals surface area contributed by atoms with Crippen molar-refractivity contribution in [2.24, 2.45) is 10.9 Å². The van der Waals surface area contributed by atoms with E-state index in [2.05, 4.69) is 40.1 Å². The van der Waals surface area contributed by atoms with Crippen molar-refractivity contribution in [2.45, 2.75) is 37.9 Å². The van der Waals surface area contributed by atoms with Crippen molar-refractivity contribution in [3.05, 3.63) is 22.4 Å². The van der Waals surface area contributed by atoms with Crippen molar-refractivity contribution in [3.8, 4) is 0 Å². The Bertz CT molecular complexity index is 672. The minimum Gasteiger partial charge on any atom is -0.381 e. The van der Waals surface area contributed by atoms with Gasteiger partial charge in [0.15, 0.2) is 15.8 Å². The molecule has 0 spiro atoms. The molecule has 1 atom stereocenters. The molecule has 1 aromatic rings.